The number of nitrogens with zero attached hydrogens (tertiary/aromatic N) is 3. The number of pyridine rings is 1. The molecule has 2 aliphatic rings. The molecule has 2 N–H and O–H groups in total. The molecule has 2 atom stereocenters. The fourth-order valence-corrected chi connectivity index (χ4v) is 4.64. The third kappa shape index (κ3) is 3.10. The fraction of sp³-hybridized carbons (Fsp3) is 0.273. The van der Waals surface area contributed by atoms with Crippen molar-refractivity contribution in [3.05, 3.63) is 76.0 Å². The number of carbonyl (C=O) groups is 2. The van der Waals surface area contributed by atoms with E-state index in [0.29, 0.717) is 25.3 Å². The summed E-state index contributed by atoms with van der Waals surface area (Å²) in [5, 5.41) is 15.7. The number of benzene rings is 1. The van der Waals surface area contributed by atoms with Crippen molar-refractivity contribution >= 4 is 11.9 Å². The average Bonchev–Trinajstić information content (AvgIpc) is 3.28. The third-order valence-corrected chi connectivity index (χ3v) is 6.04. The van der Waals surface area contributed by atoms with Gasteiger partial charge in [-0.2, -0.15) is 5.10 Å². The summed E-state index contributed by atoms with van der Waals surface area (Å²) in [6, 6.07) is 11.8. The molecule has 0 spiro atoms. The Balaban J connectivity index is 1.48. The van der Waals surface area contributed by atoms with Crippen molar-refractivity contribution in [2.75, 3.05) is 13.1 Å². The number of aromatic nitrogens is 3. The van der Waals surface area contributed by atoms with Crippen LogP contribution < -0.4 is 5.56 Å². The quantitative estimate of drug-likeness (QED) is 0.696. The summed E-state index contributed by atoms with van der Waals surface area (Å²) in [4.78, 5) is 38.6. The molecule has 1 amide bonds. The van der Waals surface area contributed by atoms with Gasteiger partial charge in [0.05, 0.1) is 5.56 Å². The maximum Gasteiger partial charge on any atom is 0.335 e. The highest BCUT2D eigenvalue weighted by atomic mass is 16.4. The van der Waals surface area contributed by atoms with Crippen LogP contribution in [0.15, 0.2) is 53.5 Å². The van der Waals surface area contributed by atoms with Gasteiger partial charge in [-0.15, -0.1) is 0 Å². The molecule has 5 rings (SSSR count). The van der Waals surface area contributed by atoms with Crippen LogP contribution in [0.4, 0.5) is 0 Å². The van der Waals surface area contributed by atoms with Crippen LogP contribution in [-0.4, -0.2) is 49.7 Å². The number of fused-ring (bicyclic) bond motifs is 4. The van der Waals surface area contributed by atoms with Gasteiger partial charge in [-0.05, 0) is 47.7 Å². The minimum absolute atomic E-state index is 0.0622. The first-order valence-electron chi connectivity index (χ1n) is 9.87. The van der Waals surface area contributed by atoms with Crippen LogP contribution >= 0.6 is 0 Å². The van der Waals surface area contributed by atoms with Crippen LogP contribution in [0, 0.1) is 5.92 Å². The number of aromatic carboxylic acids is 1. The molecule has 3 aromatic rings. The Hall–Kier alpha value is -3.68. The largest absolute Gasteiger partial charge is 0.478 e. The topological polar surface area (TPSA) is 108 Å². The van der Waals surface area contributed by atoms with Gasteiger partial charge in [0.1, 0.15) is 5.69 Å². The van der Waals surface area contributed by atoms with Gasteiger partial charge in [0.15, 0.2) is 0 Å². The molecule has 0 unspecified atom stereocenters. The molecule has 4 heterocycles. The number of hydrogen-bond donors (Lipinski definition) is 2. The van der Waals surface area contributed by atoms with Crippen molar-refractivity contribution in [1.29, 1.82) is 0 Å². The fourth-order valence-electron chi connectivity index (χ4n) is 4.64. The molecule has 1 saturated heterocycles. The van der Waals surface area contributed by atoms with E-state index in [1.54, 1.807) is 30.5 Å². The molecule has 0 saturated carbocycles. The van der Waals surface area contributed by atoms with E-state index < -0.39 is 5.97 Å². The van der Waals surface area contributed by atoms with Gasteiger partial charge in [0, 0.05) is 43.5 Å². The number of carboxylic acid groups (broad SMARTS) is 1. The molecule has 1 fully saturated rings. The smallest absolute Gasteiger partial charge is 0.335 e. The first kappa shape index (κ1) is 18.4. The highest BCUT2D eigenvalue weighted by molar-refractivity contribution is 5.92. The summed E-state index contributed by atoms with van der Waals surface area (Å²) in [5.41, 5.74) is 3.10. The van der Waals surface area contributed by atoms with Gasteiger partial charge in [-0.25, -0.2) is 4.79 Å². The lowest BCUT2D eigenvalue weighted by Gasteiger charge is -2.42. The number of piperidine rings is 1. The number of carboxylic acids is 1. The Morgan fingerprint density at radius 3 is 2.53 bits per heavy atom. The lowest BCUT2D eigenvalue weighted by Crippen LogP contribution is -2.49. The first-order valence-corrected chi connectivity index (χ1v) is 9.87. The van der Waals surface area contributed by atoms with Crippen LogP contribution in [0.1, 0.15) is 38.9 Å². The number of rotatable bonds is 3. The van der Waals surface area contributed by atoms with Crippen molar-refractivity contribution in [3.8, 4) is 11.1 Å². The van der Waals surface area contributed by atoms with E-state index in [-0.39, 0.29) is 28.9 Å². The van der Waals surface area contributed by atoms with Crippen LogP contribution in [-0.2, 0) is 6.54 Å². The zero-order valence-electron chi connectivity index (χ0n) is 16.1. The zero-order chi connectivity index (χ0) is 20.8. The second-order valence-electron chi connectivity index (χ2n) is 7.98. The van der Waals surface area contributed by atoms with E-state index >= 15 is 0 Å². The number of H-pyrrole nitrogens is 1. The van der Waals surface area contributed by atoms with Crippen LogP contribution in [0.25, 0.3) is 11.1 Å². The molecule has 8 nitrogen and oxygen atoms in total. The van der Waals surface area contributed by atoms with Crippen molar-refractivity contribution in [2.24, 2.45) is 5.92 Å². The average molecular weight is 404 g/mol. The number of carbonyl (C=O) groups excluding carboxylic acids is 1. The normalized spacial score (nSPS) is 19.9. The summed E-state index contributed by atoms with van der Waals surface area (Å²) >= 11 is 0. The Labute approximate surface area is 171 Å². The van der Waals surface area contributed by atoms with Crippen LogP contribution in [0.2, 0.25) is 0 Å². The molecule has 0 aliphatic carbocycles. The van der Waals surface area contributed by atoms with Gasteiger partial charge in [-0.3, -0.25) is 14.7 Å². The minimum Gasteiger partial charge on any atom is -0.478 e. The monoisotopic (exact) mass is 404 g/mol. The van der Waals surface area contributed by atoms with Crippen molar-refractivity contribution < 1.29 is 14.7 Å². The van der Waals surface area contributed by atoms with E-state index in [0.717, 1.165) is 23.2 Å². The van der Waals surface area contributed by atoms with Crippen molar-refractivity contribution in [1.82, 2.24) is 19.7 Å². The molecule has 2 aliphatic heterocycles. The minimum atomic E-state index is -0.984. The number of amides is 1. The lowest BCUT2D eigenvalue weighted by molar-refractivity contribution is 0.0588. The first-order chi connectivity index (χ1) is 14.5. The molecular formula is C22H20N4O4. The molecule has 30 heavy (non-hydrogen) atoms. The Bertz CT molecular complexity index is 1180. The number of aromatic amines is 1. The summed E-state index contributed by atoms with van der Waals surface area (Å²) in [6.07, 6.45) is 2.50. The van der Waals surface area contributed by atoms with Gasteiger partial charge in [0.25, 0.3) is 11.5 Å². The van der Waals surface area contributed by atoms with Crippen molar-refractivity contribution in [3.63, 3.8) is 0 Å². The van der Waals surface area contributed by atoms with E-state index in [1.807, 2.05) is 15.5 Å². The van der Waals surface area contributed by atoms with E-state index in [4.69, 9.17) is 5.11 Å². The summed E-state index contributed by atoms with van der Waals surface area (Å²) in [6.45, 7) is 1.77. The van der Waals surface area contributed by atoms with Crippen LogP contribution in [0.5, 0.6) is 0 Å². The standard InChI is InChI=1S/C22H20N4O4/c27-20-9-16(14-1-3-15(4-2-14)22(29)30)8-19-17-7-13(11-26(19)20)10-25(12-17)21(28)18-5-6-23-24-18/h1-6,8-9,13,17H,7,10-12H2,(H,23,24)(H,29,30)/t13-,17+/m0/s1. The zero-order valence-corrected chi connectivity index (χ0v) is 16.1. The Morgan fingerprint density at radius 1 is 1.03 bits per heavy atom. The molecule has 1 aromatic carbocycles. The Morgan fingerprint density at radius 2 is 1.83 bits per heavy atom. The maximum atomic E-state index is 12.8. The number of nitrogens with one attached hydrogen (secondary N) is 1. The van der Waals surface area contributed by atoms with Gasteiger partial charge in [0.2, 0.25) is 0 Å². The summed E-state index contributed by atoms with van der Waals surface area (Å²) in [7, 11) is 0. The van der Waals surface area contributed by atoms with Crippen LogP contribution in [0.3, 0.4) is 0 Å². The predicted molar refractivity (Wildman–Crippen MR) is 108 cm³/mol. The summed E-state index contributed by atoms with van der Waals surface area (Å²) in [5.74, 6) is -0.738. The lowest BCUT2D eigenvalue weighted by atomic mass is 9.82. The third-order valence-electron chi connectivity index (χ3n) is 6.04. The SMILES string of the molecule is O=C(O)c1ccc(-c2cc3n(c(=O)c2)C[C@H]2C[C@@H]3CN(C(=O)c3ccn[nH]3)C2)cc1. The van der Waals surface area contributed by atoms with E-state index in [2.05, 4.69) is 10.2 Å². The Kier molecular flexibility index (Phi) is 4.27. The molecule has 8 heteroatoms. The second kappa shape index (κ2) is 6.98. The van der Waals surface area contributed by atoms with E-state index in [9.17, 15) is 14.4 Å². The number of likely N-dealkylation sites (tertiary alicyclic amines) is 1. The summed E-state index contributed by atoms with van der Waals surface area (Å²) < 4.78 is 1.83. The molecule has 2 bridgehead atoms. The molecule has 0 radical (unpaired) electrons. The number of hydrogen-bond acceptors (Lipinski definition) is 4. The van der Waals surface area contributed by atoms with Gasteiger partial charge in [-0.1, -0.05) is 12.1 Å². The van der Waals surface area contributed by atoms with E-state index in [1.165, 1.54) is 12.1 Å². The van der Waals surface area contributed by atoms with Gasteiger partial charge < -0.3 is 14.6 Å². The molecule has 152 valence electrons. The predicted octanol–water partition coefficient (Wildman–Crippen LogP) is 2.20. The van der Waals surface area contributed by atoms with Gasteiger partial charge >= 0.3 is 5.97 Å². The second-order valence-corrected chi connectivity index (χ2v) is 7.98. The van der Waals surface area contributed by atoms with Crippen molar-refractivity contribution in [2.45, 2.75) is 18.9 Å². The highest BCUT2D eigenvalue weighted by Crippen LogP contribution is 2.37. The maximum absolute atomic E-state index is 12.8. The molecular weight excluding hydrogens is 384 g/mol. The highest BCUT2D eigenvalue weighted by Gasteiger charge is 2.37. The molecule has 2 aromatic heterocycles.